The van der Waals surface area contributed by atoms with Crippen LogP contribution in [0.25, 0.3) is 21.8 Å². The summed E-state index contributed by atoms with van der Waals surface area (Å²) in [6.07, 6.45) is -6.32. The number of aliphatic hydroxyl groups excluding tert-OH is 2. The molecule has 4 aliphatic rings. The summed E-state index contributed by atoms with van der Waals surface area (Å²) in [6, 6.07) is 33.1. The normalized spacial score (nSPS) is 17.3. The van der Waals surface area contributed by atoms with Crippen molar-refractivity contribution in [3.8, 4) is 29.1 Å². The number of carbonyl (C=O) groups is 2. The number of ether oxygens (including phenoxy) is 4. The van der Waals surface area contributed by atoms with Crippen LogP contribution in [0.4, 0.5) is 22.0 Å². The van der Waals surface area contributed by atoms with Crippen LogP contribution in [0.15, 0.2) is 114 Å². The number of hydrogen-bond acceptors (Lipinski definition) is 12. The standard InChI is InChI=1S/C34H35F2NO7S.C28H28F2N2O4.CH3F.CH4/c1-21-5-9-26(10-6-21)45(40,41)42-20-25(38)19-37-27-11-7-22(15-23(27)17-30(37)32(2,3)4)16-31(39)33(13-14-33)24-8-12-28-29(18-24)44-34(35,36)43-28;1-26(2,3)24-14-18-12-17(4-6-21(18)32(24)16-20(33)8-11-31)13-25(34)27(9-10-27)19-5-7-22-23(15-19)36-28(29,30)35-22;1-2;/h5-12,15,17-18,25,38H,13-14,16,19-20H2,1-4H3;4-7,12,14-15,20,33H,8-10,13,16H2,1-3H3;1H3;1H4/i;;1D;. The highest BCUT2D eigenvalue weighted by molar-refractivity contribution is 7.86. The Morgan fingerprint density at radius 3 is 1.45 bits per heavy atom. The summed E-state index contributed by atoms with van der Waals surface area (Å²) in [5.74, 6) is -0.183. The molecule has 2 N–H and O–H groups in total. The van der Waals surface area contributed by atoms with Crippen molar-refractivity contribution >= 4 is 43.5 Å². The molecule has 0 radical (unpaired) electrons. The van der Waals surface area contributed by atoms with Crippen LogP contribution in [0.3, 0.4) is 0 Å². The van der Waals surface area contributed by atoms with Gasteiger partial charge in [0.1, 0.15) is 11.6 Å². The summed E-state index contributed by atoms with van der Waals surface area (Å²) in [4.78, 5) is 27.0. The summed E-state index contributed by atoms with van der Waals surface area (Å²) in [5.41, 5.74) is 5.67. The van der Waals surface area contributed by atoms with E-state index >= 15 is 0 Å². The number of aromatic nitrogens is 2. The molecule has 2 aromatic heterocycles. The minimum Gasteiger partial charge on any atom is -0.395 e. The predicted molar refractivity (Wildman–Crippen MR) is 306 cm³/mol. The van der Waals surface area contributed by atoms with E-state index in [2.05, 4.69) is 45.8 Å². The number of fused-ring (bicyclic) bond motifs is 4. The smallest absolute Gasteiger partial charge is 0.395 e. The van der Waals surface area contributed by atoms with Gasteiger partial charge in [-0.05, 0) is 128 Å². The summed E-state index contributed by atoms with van der Waals surface area (Å²) >= 11 is 0. The number of nitrogens with zero attached hydrogens (tertiary/aromatic N) is 3. The first-order valence-electron chi connectivity index (χ1n) is 27.8. The fraction of sp³-hybridized carbons (Fsp3) is 0.422. The Bertz CT molecular complexity index is 3800. The molecule has 5 aromatic carbocycles. The highest BCUT2D eigenvalue weighted by Gasteiger charge is 2.53. The van der Waals surface area contributed by atoms with E-state index < -0.39 is 59.5 Å². The van der Waals surface area contributed by atoms with E-state index in [1.807, 2.05) is 85.4 Å². The van der Waals surface area contributed by atoms with Crippen molar-refractivity contribution in [1.82, 2.24) is 9.13 Å². The number of alkyl halides is 5. The minimum atomic E-state index is -4.03. The number of nitriles is 1. The molecule has 2 fully saturated rings. The van der Waals surface area contributed by atoms with E-state index in [9.17, 15) is 50.2 Å². The largest absolute Gasteiger partial charge is 0.586 e. The van der Waals surface area contributed by atoms with Gasteiger partial charge in [0.05, 0.1) is 62.1 Å². The van der Waals surface area contributed by atoms with Crippen LogP contribution in [0.1, 0.15) is 122 Å². The lowest BCUT2D eigenvalue weighted by atomic mass is 9.87. The second-order valence-electron chi connectivity index (χ2n) is 23.8. The highest BCUT2D eigenvalue weighted by Crippen LogP contribution is 2.54. The van der Waals surface area contributed by atoms with Crippen molar-refractivity contribution in [2.75, 3.05) is 13.8 Å². The SMILES string of the molecule is C.CC(C)(C)c1cc2cc(CC(=O)C3(c4ccc5c(c4)OC(F)(F)O5)CC3)ccc2n1CC(O)CC#N.Cc1ccc(S(=O)(=O)OCC(O)Cn2c(C(C)(C)C)cc3cc(CC(=O)C4(c5ccc6c(c5)OC(F)(F)O6)CC4)ccc32)cc1.[2H]CF. The maximum absolute atomic E-state index is 13.6. The average Bonchev–Trinajstić information content (AvgIpc) is 3.18. The van der Waals surface area contributed by atoms with Gasteiger partial charge in [-0.2, -0.15) is 13.7 Å². The highest BCUT2D eigenvalue weighted by atomic mass is 32.2. The van der Waals surface area contributed by atoms with Crippen LogP contribution in [0, 0.1) is 18.3 Å². The third kappa shape index (κ3) is 13.1. The van der Waals surface area contributed by atoms with Gasteiger partial charge in [0, 0.05) is 63.4 Å². The molecule has 2 unspecified atom stereocenters. The Morgan fingerprint density at radius 1 is 0.655 bits per heavy atom. The number of rotatable bonds is 17. The van der Waals surface area contributed by atoms with Gasteiger partial charge in [-0.15, -0.1) is 17.6 Å². The number of aryl methyl sites for hydroxylation is 1. The zero-order chi connectivity index (χ0) is 61.0. The molecule has 14 nitrogen and oxygen atoms in total. The summed E-state index contributed by atoms with van der Waals surface area (Å²) in [7, 11) is -5.03. The molecule has 2 saturated carbocycles. The molecule has 0 amide bonds. The Kier molecular flexibility index (Phi) is 17.0. The third-order valence-corrected chi connectivity index (χ3v) is 16.8. The van der Waals surface area contributed by atoms with Crippen LogP contribution in [0.2, 0.25) is 0 Å². The molecule has 0 saturated heterocycles. The molecule has 448 valence electrons. The number of Topliss-reactive ketones (excluding diaryl/α,β-unsaturated/α-hetero) is 2. The molecule has 0 spiro atoms. The fourth-order valence-corrected chi connectivity index (χ4v) is 11.9. The number of carbonyl (C=O) groups excluding carboxylic acids is 2. The first-order chi connectivity index (χ1) is 39.4. The monoisotopic (exact) mass is 1180 g/mol. The predicted octanol–water partition coefficient (Wildman–Crippen LogP) is 12.8. The summed E-state index contributed by atoms with van der Waals surface area (Å²) in [5, 5.41) is 32.0. The van der Waals surface area contributed by atoms with Gasteiger partial charge in [-0.1, -0.05) is 90.9 Å². The quantitative estimate of drug-likeness (QED) is 0.0649. The molecule has 2 aliphatic heterocycles. The maximum Gasteiger partial charge on any atom is 0.586 e. The van der Waals surface area contributed by atoms with E-state index in [1.54, 1.807) is 24.3 Å². The van der Waals surface area contributed by atoms with Crippen molar-refractivity contribution in [1.29, 1.82) is 5.26 Å². The molecule has 4 heterocycles. The van der Waals surface area contributed by atoms with Crippen molar-refractivity contribution < 1.29 is 74.7 Å². The van der Waals surface area contributed by atoms with Gasteiger partial charge < -0.3 is 38.3 Å². The van der Waals surface area contributed by atoms with Crippen molar-refractivity contribution in [2.24, 2.45) is 0 Å². The van der Waals surface area contributed by atoms with Crippen LogP contribution in [-0.4, -0.2) is 77.9 Å². The van der Waals surface area contributed by atoms with Gasteiger partial charge in [0.15, 0.2) is 23.0 Å². The van der Waals surface area contributed by atoms with E-state index in [0.717, 1.165) is 49.9 Å². The lowest BCUT2D eigenvalue weighted by molar-refractivity contribution is -0.287. The lowest BCUT2D eigenvalue weighted by Crippen LogP contribution is -2.27. The van der Waals surface area contributed by atoms with E-state index in [0.29, 0.717) is 43.4 Å². The van der Waals surface area contributed by atoms with Gasteiger partial charge in [0.25, 0.3) is 10.1 Å². The number of benzene rings is 5. The summed E-state index contributed by atoms with van der Waals surface area (Å²) in [6.45, 7) is 14.3. The molecular formula is C64H70F5N3O11S. The number of aliphatic hydroxyl groups is 2. The molecule has 2 aliphatic carbocycles. The molecular weight excluding hydrogens is 1110 g/mol. The van der Waals surface area contributed by atoms with Gasteiger partial charge in [-0.3, -0.25) is 18.2 Å². The van der Waals surface area contributed by atoms with E-state index in [-0.39, 0.29) is 83.5 Å². The number of hydrogen-bond donors (Lipinski definition) is 2. The van der Waals surface area contributed by atoms with Crippen molar-refractivity contribution in [3.63, 3.8) is 0 Å². The van der Waals surface area contributed by atoms with Crippen LogP contribution >= 0.6 is 0 Å². The lowest BCUT2D eigenvalue weighted by Gasteiger charge is -2.23. The Morgan fingerprint density at radius 2 is 1.06 bits per heavy atom. The molecule has 20 heteroatoms. The van der Waals surface area contributed by atoms with Gasteiger partial charge >= 0.3 is 12.6 Å². The number of halogens is 5. The Hall–Kier alpha value is -7.31. The molecule has 2 atom stereocenters. The van der Waals surface area contributed by atoms with E-state index in [4.69, 9.17) is 10.8 Å². The molecule has 7 aromatic rings. The van der Waals surface area contributed by atoms with Crippen LogP contribution < -0.4 is 18.9 Å². The van der Waals surface area contributed by atoms with Crippen molar-refractivity contribution in [3.05, 3.63) is 148 Å². The Labute approximate surface area is 487 Å². The zero-order valence-corrected chi connectivity index (χ0v) is 47.9. The van der Waals surface area contributed by atoms with E-state index in [1.165, 1.54) is 36.4 Å². The first-order valence-corrected chi connectivity index (χ1v) is 28.5. The first kappa shape index (κ1) is 61.3. The second kappa shape index (κ2) is 23.3. The van der Waals surface area contributed by atoms with Crippen LogP contribution in [-0.2, 0) is 71.5 Å². The topological polar surface area (TPSA) is 189 Å². The summed E-state index contributed by atoms with van der Waals surface area (Å²) < 4.78 is 122. The third-order valence-electron chi connectivity index (χ3n) is 15.5. The van der Waals surface area contributed by atoms with Gasteiger partial charge in [-0.25, -0.2) is 0 Å². The van der Waals surface area contributed by atoms with Crippen LogP contribution in [0.5, 0.6) is 23.0 Å². The minimum absolute atomic E-state index is 0. The van der Waals surface area contributed by atoms with Gasteiger partial charge in [0.2, 0.25) is 0 Å². The number of ketones is 2. The average molecular weight is 1190 g/mol. The Balaban J connectivity index is 0.000000214. The molecule has 84 heavy (non-hydrogen) atoms. The van der Waals surface area contributed by atoms with Crippen molar-refractivity contribution in [2.45, 2.75) is 165 Å². The molecule has 0 bridgehead atoms. The second-order valence-corrected chi connectivity index (χ2v) is 25.4. The maximum atomic E-state index is 13.6. The fourth-order valence-electron chi connectivity index (χ4n) is 11.0. The zero-order valence-electron chi connectivity index (χ0n) is 48.0. The molecule has 11 rings (SSSR count).